The highest BCUT2D eigenvalue weighted by atomic mass is 16.4. The van der Waals surface area contributed by atoms with Gasteiger partial charge in [0.25, 0.3) is 0 Å². The number of hydrogen-bond acceptors (Lipinski definition) is 1. The highest BCUT2D eigenvalue weighted by Gasteiger charge is 2.45. The van der Waals surface area contributed by atoms with E-state index in [0.717, 1.165) is 44.4 Å². The van der Waals surface area contributed by atoms with E-state index in [1.807, 2.05) is 0 Å². The van der Waals surface area contributed by atoms with Crippen LogP contribution in [0.15, 0.2) is 0 Å². The number of carboxylic acids is 1. The summed E-state index contributed by atoms with van der Waals surface area (Å²) in [6, 6.07) is 0. The number of hydrogen-bond donors (Lipinski definition) is 1. The highest BCUT2D eigenvalue weighted by molar-refractivity contribution is 5.75. The summed E-state index contributed by atoms with van der Waals surface area (Å²) in [7, 11) is 0. The number of carboxylic acid groups (broad SMARTS) is 1. The summed E-state index contributed by atoms with van der Waals surface area (Å²) in [5, 5.41) is 9.01. The molecule has 2 nitrogen and oxygen atoms in total. The van der Waals surface area contributed by atoms with Crippen molar-refractivity contribution in [1.82, 2.24) is 0 Å². The molecule has 0 aromatic heterocycles. The predicted octanol–water partition coefficient (Wildman–Crippen LogP) is 2.04. The molecule has 0 radical (unpaired) electrons. The first-order valence-corrected chi connectivity index (χ1v) is 4.46. The fourth-order valence-electron chi connectivity index (χ4n) is 2.57. The Morgan fingerprint density at radius 1 is 1.18 bits per heavy atom. The fraction of sp³-hybridized carbons (Fsp3) is 0.889. The van der Waals surface area contributed by atoms with E-state index in [2.05, 4.69) is 0 Å². The van der Waals surface area contributed by atoms with Crippen LogP contribution in [0, 0.1) is 11.3 Å². The lowest BCUT2D eigenvalue weighted by atomic mass is 9.61. The minimum atomic E-state index is -0.546. The Kier molecular flexibility index (Phi) is 1.44. The summed E-state index contributed by atoms with van der Waals surface area (Å²) in [5.74, 6) is 0.312. The summed E-state index contributed by atoms with van der Waals surface area (Å²) in [6.07, 6.45) is 6.29. The summed E-state index contributed by atoms with van der Waals surface area (Å²) in [4.78, 5) is 10.9. The number of rotatable bonds is 1. The van der Waals surface area contributed by atoms with Gasteiger partial charge in [0.15, 0.2) is 0 Å². The lowest BCUT2D eigenvalue weighted by Crippen LogP contribution is -2.40. The van der Waals surface area contributed by atoms with Gasteiger partial charge < -0.3 is 5.11 Å². The Bertz CT molecular complexity index is 164. The minimum Gasteiger partial charge on any atom is -0.481 e. The zero-order valence-electron chi connectivity index (χ0n) is 6.68. The average Bonchev–Trinajstić information content (AvgIpc) is 2.08. The summed E-state index contributed by atoms with van der Waals surface area (Å²) >= 11 is 0. The molecule has 0 aromatic rings. The van der Waals surface area contributed by atoms with E-state index in [4.69, 9.17) is 5.11 Å². The number of aliphatic carboxylic acids is 1. The molecule has 2 heteroatoms. The van der Waals surface area contributed by atoms with Crippen molar-refractivity contribution in [2.75, 3.05) is 0 Å². The third-order valence-corrected chi connectivity index (χ3v) is 3.55. The Hall–Kier alpha value is -0.530. The smallest absolute Gasteiger partial charge is 0.309 e. The molecular weight excluding hydrogens is 140 g/mol. The molecule has 0 amide bonds. The van der Waals surface area contributed by atoms with Gasteiger partial charge in [-0.15, -0.1) is 0 Å². The first-order valence-electron chi connectivity index (χ1n) is 4.46. The lowest BCUT2D eigenvalue weighted by Gasteiger charge is -2.43. The van der Waals surface area contributed by atoms with E-state index in [-0.39, 0.29) is 5.41 Å². The zero-order valence-corrected chi connectivity index (χ0v) is 6.68. The molecule has 0 spiro atoms. The molecule has 3 rings (SSSR count). The molecule has 0 unspecified atom stereocenters. The molecule has 62 valence electrons. The van der Waals surface area contributed by atoms with E-state index in [0.29, 0.717) is 0 Å². The van der Waals surface area contributed by atoms with Crippen molar-refractivity contribution in [1.29, 1.82) is 0 Å². The second-order valence-corrected chi connectivity index (χ2v) is 4.07. The van der Waals surface area contributed by atoms with Gasteiger partial charge in [0.2, 0.25) is 0 Å². The quantitative estimate of drug-likeness (QED) is 0.627. The predicted molar refractivity (Wildman–Crippen MR) is 41.3 cm³/mol. The molecule has 0 heterocycles. The van der Waals surface area contributed by atoms with Crippen LogP contribution in [0.3, 0.4) is 0 Å². The molecule has 1 N–H and O–H groups in total. The molecule has 11 heavy (non-hydrogen) atoms. The van der Waals surface area contributed by atoms with Crippen molar-refractivity contribution in [2.24, 2.45) is 11.3 Å². The van der Waals surface area contributed by atoms with E-state index in [1.54, 1.807) is 0 Å². The van der Waals surface area contributed by atoms with Crippen LogP contribution in [0.25, 0.3) is 0 Å². The average molecular weight is 154 g/mol. The van der Waals surface area contributed by atoms with Crippen LogP contribution in [0.1, 0.15) is 38.5 Å². The van der Waals surface area contributed by atoms with Gasteiger partial charge in [-0.2, -0.15) is 0 Å². The van der Waals surface area contributed by atoms with Gasteiger partial charge in [0.1, 0.15) is 0 Å². The lowest BCUT2D eigenvalue weighted by molar-refractivity contribution is -0.155. The van der Waals surface area contributed by atoms with E-state index >= 15 is 0 Å². The highest BCUT2D eigenvalue weighted by Crippen LogP contribution is 2.50. The monoisotopic (exact) mass is 154 g/mol. The van der Waals surface area contributed by atoms with Gasteiger partial charge in [-0.25, -0.2) is 0 Å². The van der Waals surface area contributed by atoms with Crippen LogP contribution in [0.5, 0.6) is 0 Å². The van der Waals surface area contributed by atoms with Crippen LogP contribution in [-0.2, 0) is 4.79 Å². The van der Waals surface area contributed by atoms with Crippen LogP contribution in [0.4, 0.5) is 0 Å². The van der Waals surface area contributed by atoms with E-state index in [9.17, 15) is 4.79 Å². The number of carbonyl (C=O) groups is 1. The van der Waals surface area contributed by atoms with Crippen LogP contribution >= 0.6 is 0 Å². The first-order chi connectivity index (χ1) is 5.23. The molecule has 0 saturated heterocycles. The zero-order chi connectivity index (χ0) is 7.90. The van der Waals surface area contributed by atoms with Crippen LogP contribution in [0.2, 0.25) is 0 Å². The van der Waals surface area contributed by atoms with Gasteiger partial charge in [-0.05, 0) is 44.4 Å². The van der Waals surface area contributed by atoms with Gasteiger partial charge in [0.05, 0.1) is 5.41 Å². The SMILES string of the molecule is O=C(O)C12CCC(CC1)CC2. The minimum absolute atomic E-state index is 0.297. The van der Waals surface area contributed by atoms with E-state index < -0.39 is 5.97 Å². The fourth-order valence-corrected chi connectivity index (χ4v) is 2.57. The summed E-state index contributed by atoms with van der Waals surface area (Å²) in [5.41, 5.74) is -0.297. The van der Waals surface area contributed by atoms with Gasteiger partial charge in [0, 0.05) is 0 Å². The van der Waals surface area contributed by atoms with Crippen molar-refractivity contribution in [3.63, 3.8) is 0 Å². The second kappa shape index (κ2) is 2.23. The van der Waals surface area contributed by atoms with E-state index in [1.165, 1.54) is 0 Å². The molecule has 0 aromatic carbocycles. The molecule has 0 aliphatic heterocycles. The van der Waals surface area contributed by atoms with Crippen molar-refractivity contribution >= 4 is 5.97 Å². The maximum Gasteiger partial charge on any atom is 0.309 e. The maximum atomic E-state index is 10.9. The van der Waals surface area contributed by atoms with Gasteiger partial charge >= 0.3 is 5.97 Å². The molecule has 3 aliphatic rings. The third kappa shape index (κ3) is 0.959. The molecule has 2 bridgehead atoms. The van der Waals surface area contributed by atoms with Crippen LogP contribution in [-0.4, -0.2) is 11.1 Å². The second-order valence-electron chi connectivity index (χ2n) is 4.07. The molecular formula is C9H14O2. The Balaban J connectivity index is 2.18. The largest absolute Gasteiger partial charge is 0.481 e. The normalized spacial score (nSPS) is 42.4. The standard InChI is InChI=1S/C9H14O2/c10-8(11)9-4-1-7(2-5-9)3-6-9/h7H,1-6H2,(H,10,11). The Morgan fingerprint density at radius 2 is 1.64 bits per heavy atom. The third-order valence-electron chi connectivity index (χ3n) is 3.55. The topological polar surface area (TPSA) is 37.3 Å². The Labute approximate surface area is 66.6 Å². The summed E-state index contributed by atoms with van der Waals surface area (Å²) < 4.78 is 0. The van der Waals surface area contributed by atoms with Gasteiger partial charge in [-0.3, -0.25) is 4.79 Å². The van der Waals surface area contributed by atoms with Gasteiger partial charge in [-0.1, -0.05) is 0 Å². The summed E-state index contributed by atoms with van der Waals surface area (Å²) in [6.45, 7) is 0. The first kappa shape index (κ1) is 7.14. The van der Waals surface area contributed by atoms with Crippen LogP contribution < -0.4 is 0 Å². The molecule has 0 atom stereocenters. The number of fused-ring (bicyclic) bond motifs is 3. The van der Waals surface area contributed by atoms with Crippen molar-refractivity contribution < 1.29 is 9.90 Å². The molecule has 3 saturated carbocycles. The Morgan fingerprint density at radius 3 is 1.91 bits per heavy atom. The van der Waals surface area contributed by atoms with Crippen molar-refractivity contribution in [2.45, 2.75) is 38.5 Å². The van der Waals surface area contributed by atoms with Crippen molar-refractivity contribution in [3.05, 3.63) is 0 Å². The molecule has 3 aliphatic carbocycles. The maximum absolute atomic E-state index is 10.9. The molecule has 3 fully saturated rings. The van der Waals surface area contributed by atoms with Crippen molar-refractivity contribution in [3.8, 4) is 0 Å².